The van der Waals surface area contributed by atoms with E-state index < -0.39 is 0 Å². The Hall–Kier alpha value is -1.40. The van der Waals surface area contributed by atoms with E-state index in [1.165, 1.54) is 5.69 Å². The minimum atomic E-state index is 0.109. The second-order valence-electron chi connectivity index (χ2n) is 5.00. The highest BCUT2D eigenvalue weighted by Crippen LogP contribution is 2.16. The monoisotopic (exact) mass is 294 g/mol. The average molecular weight is 294 g/mol. The summed E-state index contributed by atoms with van der Waals surface area (Å²) in [6.07, 6.45) is 3.51. The van der Waals surface area contributed by atoms with Gasteiger partial charge in [0.2, 0.25) is 5.91 Å². The van der Waals surface area contributed by atoms with Crippen LogP contribution < -0.4 is 10.6 Å². The molecular weight excluding hydrogens is 272 g/mol. The second-order valence-corrected chi connectivity index (χ2v) is 5.88. The second kappa shape index (κ2) is 6.85. The molecule has 2 heterocycles. The highest BCUT2D eigenvalue weighted by molar-refractivity contribution is 7.15. The molecule has 2 N–H and O–H groups in total. The van der Waals surface area contributed by atoms with Gasteiger partial charge in [0.1, 0.15) is 0 Å². The molecule has 0 fully saturated rings. The van der Waals surface area contributed by atoms with E-state index in [1.807, 2.05) is 25.4 Å². The molecule has 2 rings (SSSR count). The van der Waals surface area contributed by atoms with Gasteiger partial charge in [-0.05, 0) is 20.3 Å². The van der Waals surface area contributed by atoms with Crippen LogP contribution in [0.5, 0.6) is 0 Å². The first-order valence-electron chi connectivity index (χ1n) is 7.03. The molecule has 1 unspecified atom stereocenters. The number of nitrogens with zero attached hydrogens (tertiary/aromatic N) is 2. The summed E-state index contributed by atoms with van der Waals surface area (Å²) in [5, 5.41) is 8.31. The molecule has 2 aromatic heterocycles. The molecule has 2 aromatic rings. The third-order valence-electron chi connectivity index (χ3n) is 3.40. The van der Waals surface area contributed by atoms with E-state index in [0.29, 0.717) is 13.0 Å². The molecule has 1 atom stereocenters. The average Bonchev–Trinajstić information content (AvgIpc) is 2.96. The minimum Gasteiger partial charge on any atom is -0.354 e. The molecular formula is C14H22N4OS. The highest BCUT2D eigenvalue weighted by Gasteiger charge is 2.09. The largest absolute Gasteiger partial charge is 0.354 e. The standard InChI is InChI=1S/C14H22N4OS/c1-4-10(2)16-13(19)5-6-15-9-12-11(3)17-14-18(12)7-8-20-14/h7-8,10,15H,4-6,9H2,1-3H3,(H,16,19). The molecule has 0 saturated heterocycles. The maximum atomic E-state index is 11.6. The van der Waals surface area contributed by atoms with Crippen molar-refractivity contribution in [2.24, 2.45) is 0 Å². The normalized spacial score (nSPS) is 12.8. The van der Waals surface area contributed by atoms with Crippen molar-refractivity contribution in [2.75, 3.05) is 6.54 Å². The highest BCUT2D eigenvalue weighted by atomic mass is 32.1. The molecule has 1 amide bonds. The zero-order valence-electron chi connectivity index (χ0n) is 12.3. The lowest BCUT2D eigenvalue weighted by Gasteiger charge is -2.11. The smallest absolute Gasteiger partial charge is 0.221 e. The molecule has 0 aliphatic carbocycles. The van der Waals surface area contributed by atoms with Crippen LogP contribution >= 0.6 is 11.3 Å². The summed E-state index contributed by atoms with van der Waals surface area (Å²) in [6.45, 7) is 7.53. The third kappa shape index (κ3) is 3.58. The van der Waals surface area contributed by atoms with Crippen molar-refractivity contribution >= 4 is 22.2 Å². The van der Waals surface area contributed by atoms with Crippen molar-refractivity contribution in [2.45, 2.75) is 46.2 Å². The first kappa shape index (κ1) is 15.0. The molecule has 0 radical (unpaired) electrons. The SMILES string of the molecule is CCC(C)NC(=O)CCNCc1c(C)nc2sccn12. The third-order valence-corrected chi connectivity index (χ3v) is 4.16. The Bertz CT molecular complexity index is 575. The summed E-state index contributed by atoms with van der Waals surface area (Å²) in [4.78, 5) is 17.2. The Morgan fingerprint density at radius 1 is 1.55 bits per heavy atom. The predicted molar refractivity (Wildman–Crippen MR) is 82.0 cm³/mol. The number of hydrogen-bond acceptors (Lipinski definition) is 4. The van der Waals surface area contributed by atoms with Gasteiger partial charge in [0.15, 0.2) is 4.96 Å². The van der Waals surface area contributed by atoms with Crippen molar-refractivity contribution < 1.29 is 4.79 Å². The lowest BCUT2D eigenvalue weighted by atomic mass is 10.2. The summed E-state index contributed by atoms with van der Waals surface area (Å²) in [6, 6.07) is 0.255. The Labute approximate surface area is 123 Å². The number of carbonyl (C=O) groups excluding carboxylic acids is 1. The van der Waals surface area contributed by atoms with E-state index >= 15 is 0 Å². The van der Waals surface area contributed by atoms with E-state index in [0.717, 1.165) is 23.6 Å². The number of fused-ring (bicyclic) bond motifs is 1. The lowest BCUT2D eigenvalue weighted by molar-refractivity contribution is -0.121. The number of rotatable bonds is 7. The Morgan fingerprint density at radius 3 is 3.10 bits per heavy atom. The van der Waals surface area contributed by atoms with Gasteiger partial charge in [-0.3, -0.25) is 9.20 Å². The zero-order chi connectivity index (χ0) is 14.5. The Kier molecular flexibility index (Phi) is 5.14. The fourth-order valence-corrected chi connectivity index (χ4v) is 2.79. The van der Waals surface area contributed by atoms with Crippen LogP contribution in [0.2, 0.25) is 0 Å². The van der Waals surface area contributed by atoms with Gasteiger partial charge in [0.25, 0.3) is 0 Å². The van der Waals surface area contributed by atoms with Gasteiger partial charge in [-0.25, -0.2) is 4.98 Å². The van der Waals surface area contributed by atoms with Crippen LogP contribution in [0.3, 0.4) is 0 Å². The number of amides is 1. The van der Waals surface area contributed by atoms with Crippen LogP contribution in [-0.2, 0) is 11.3 Å². The van der Waals surface area contributed by atoms with Gasteiger partial charge >= 0.3 is 0 Å². The number of carbonyl (C=O) groups is 1. The fraction of sp³-hybridized carbons (Fsp3) is 0.571. The Balaban J connectivity index is 1.77. The molecule has 5 nitrogen and oxygen atoms in total. The van der Waals surface area contributed by atoms with E-state index in [4.69, 9.17) is 0 Å². The summed E-state index contributed by atoms with van der Waals surface area (Å²) in [5.74, 6) is 0.109. The van der Waals surface area contributed by atoms with Crippen molar-refractivity contribution in [3.63, 3.8) is 0 Å². The zero-order valence-corrected chi connectivity index (χ0v) is 13.1. The van der Waals surface area contributed by atoms with Crippen LogP contribution in [0.15, 0.2) is 11.6 Å². The van der Waals surface area contributed by atoms with Gasteiger partial charge in [0.05, 0.1) is 11.4 Å². The van der Waals surface area contributed by atoms with Gasteiger partial charge in [-0.2, -0.15) is 0 Å². The van der Waals surface area contributed by atoms with Crippen molar-refractivity contribution in [1.29, 1.82) is 0 Å². The molecule has 110 valence electrons. The van der Waals surface area contributed by atoms with Gasteiger partial charge in [0, 0.05) is 37.1 Å². The molecule has 0 spiro atoms. The van der Waals surface area contributed by atoms with Crippen LogP contribution in [0.25, 0.3) is 4.96 Å². The van der Waals surface area contributed by atoms with Crippen LogP contribution in [0.4, 0.5) is 0 Å². The van der Waals surface area contributed by atoms with E-state index in [9.17, 15) is 4.79 Å². The topological polar surface area (TPSA) is 58.4 Å². The van der Waals surface area contributed by atoms with E-state index in [-0.39, 0.29) is 11.9 Å². The van der Waals surface area contributed by atoms with Crippen molar-refractivity contribution in [3.05, 3.63) is 23.0 Å². The summed E-state index contributed by atoms with van der Waals surface area (Å²) in [5.41, 5.74) is 2.22. The number of imidazole rings is 1. The number of aromatic nitrogens is 2. The first-order valence-corrected chi connectivity index (χ1v) is 7.91. The first-order chi connectivity index (χ1) is 9.61. The number of aryl methyl sites for hydroxylation is 1. The van der Waals surface area contributed by atoms with E-state index in [2.05, 4.69) is 26.9 Å². The maximum Gasteiger partial charge on any atom is 0.221 e. The fourth-order valence-electron chi connectivity index (χ4n) is 2.01. The van der Waals surface area contributed by atoms with Crippen molar-refractivity contribution in [3.8, 4) is 0 Å². The molecule has 0 aromatic carbocycles. The van der Waals surface area contributed by atoms with Crippen LogP contribution in [0, 0.1) is 6.92 Å². The molecule has 0 aliphatic heterocycles. The molecule has 20 heavy (non-hydrogen) atoms. The molecule has 6 heteroatoms. The van der Waals surface area contributed by atoms with Gasteiger partial charge in [-0.1, -0.05) is 6.92 Å². The summed E-state index contributed by atoms with van der Waals surface area (Å²) >= 11 is 1.64. The Morgan fingerprint density at radius 2 is 2.35 bits per heavy atom. The number of thiazole rings is 1. The molecule has 0 bridgehead atoms. The van der Waals surface area contributed by atoms with Crippen LogP contribution in [0.1, 0.15) is 38.1 Å². The summed E-state index contributed by atoms with van der Waals surface area (Å²) in [7, 11) is 0. The number of hydrogen-bond donors (Lipinski definition) is 2. The summed E-state index contributed by atoms with van der Waals surface area (Å²) < 4.78 is 2.10. The van der Waals surface area contributed by atoms with E-state index in [1.54, 1.807) is 11.3 Å². The van der Waals surface area contributed by atoms with Crippen molar-refractivity contribution in [1.82, 2.24) is 20.0 Å². The number of nitrogens with one attached hydrogen (secondary N) is 2. The quantitative estimate of drug-likeness (QED) is 0.769. The molecule has 0 saturated carbocycles. The van der Waals surface area contributed by atoms with Gasteiger partial charge < -0.3 is 10.6 Å². The lowest BCUT2D eigenvalue weighted by Crippen LogP contribution is -2.34. The van der Waals surface area contributed by atoms with Gasteiger partial charge in [-0.15, -0.1) is 11.3 Å². The maximum absolute atomic E-state index is 11.6. The van der Waals surface area contributed by atoms with Crippen LogP contribution in [-0.4, -0.2) is 27.9 Å². The molecule has 0 aliphatic rings. The minimum absolute atomic E-state index is 0.109. The predicted octanol–water partition coefficient (Wildman–Crippen LogP) is 2.10.